The van der Waals surface area contributed by atoms with Crippen molar-refractivity contribution in [2.45, 2.75) is 13.3 Å². The number of hydrogen-bond acceptors (Lipinski definition) is 2. The summed E-state index contributed by atoms with van der Waals surface area (Å²) in [6.45, 7) is 7.18. The average Bonchev–Trinajstić information content (AvgIpc) is 1.99. The Morgan fingerprint density at radius 2 is 2.43 bits per heavy atom. The standard InChI is InChI=1S/C11H19FN2/c1-9(10-5-13-6-10)7-14-4-2-3-11(12)8-14/h3,9-10,13H,2,4-8H2,1H3. The summed E-state index contributed by atoms with van der Waals surface area (Å²) in [5.74, 6) is 1.56. The van der Waals surface area contributed by atoms with Crippen molar-refractivity contribution in [1.29, 1.82) is 0 Å². The van der Waals surface area contributed by atoms with E-state index in [0.29, 0.717) is 12.5 Å². The van der Waals surface area contributed by atoms with Crippen molar-refractivity contribution in [2.75, 3.05) is 32.7 Å². The van der Waals surface area contributed by atoms with Gasteiger partial charge in [-0.3, -0.25) is 4.90 Å². The molecule has 80 valence electrons. The lowest BCUT2D eigenvalue weighted by Gasteiger charge is -2.36. The van der Waals surface area contributed by atoms with Gasteiger partial charge in [-0.1, -0.05) is 13.0 Å². The Morgan fingerprint density at radius 1 is 1.64 bits per heavy atom. The number of hydrogen-bond donors (Lipinski definition) is 1. The first-order valence-electron chi connectivity index (χ1n) is 5.53. The summed E-state index contributed by atoms with van der Waals surface area (Å²) in [7, 11) is 0. The first-order valence-corrected chi connectivity index (χ1v) is 5.53. The van der Waals surface area contributed by atoms with Gasteiger partial charge in [0.25, 0.3) is 0 Å². The summed E-state index contributed by atoms with van der Waals surface area (Å²) >= 11 is 0. The number of rotatable bonds is 3. The quantitative estimate of drug-likeness (QED) is 0.737. The smallest absolute Gasteiger partial charge is 0.110 e. The molecule has 0 radical (unpaired) electrons. The number of nitrogens with zero attached hydrogens (tertiary/aromatic N) is 1. The third kappa shape index (κ3) is 2.34. The molecule has 2 aliphatic heterocycles. The lowest BCUT2D eigenvalue weighted by Crippen LogP contribution is -2.48. The Hall–Kier alpha value is -0.410. The minimum atomic E-state index is 0.0511. The summed E-state index contributed by atoms with van der Waals surface area (Å²) in [4.78, 5) is 2.23. The van der Waals surface area contributed by atoms with Gasteiger partial charge >= 0.3 is 0 Å². The predicted octanol–water partition coefficient (Wildman–Crippen LogP) is 1.40. The molecule has 1 unspecified atom stereocenters. The van der Waals surface area contributed by atoms with Crippen LogP contribution in [-0.4, -0.2) is 37.6 Å². The minimum Gasteiger partial charge on any atom is -0.316 e. The van der Waals surface area contributed by atoms with E-state index in [4.69, 9.17) is 0 Å². The Balaban J connectivity index is 1.76. The van der Waals surface area contributed by atoms with Crippen molar-refractivity contribution < 1.29 is 4.39 Å². The van der Waals surface area contributed by atoms with E-state index >= 15 is 0 Å². The molecular formula is C11H19FN2. The molecule has 14 heavy (non-hydrogen) atoms. The summed E-state index contributed by atoms with van der Waals surface area (Å²) in [5.41, 5.74) is 0. The lowest BCUT2D eigenvalue weighted by atomic mass is 9.88. The summed E-state index contributed by atoms with van der Waals surface area (Å²) in [6.07, 6.45) is 2.59. The molecule has 0 aromatic rings. The van der Waals surface area contributed by atoms with Gasteiger partial charge in [0.2, 0.25) is 0 Å². The Bertz CT molecular complexity index is 223. The van der Waals surface area contributed by atoms with Gasteiger partial charge in [0.05, 0.1) is 0 Å². The van der Waals surface area contributed by atoms with Crippen molar-refractivity contribution in [2.24, 2.45) is 11.8 Å². The molecule has 3 heteroatoms. The van der Waals surface area contributed by atoms with Crippen LogP contribution in [0.25, 0.3) is 0 Å². The fourth-order valence-corrected chi connectivity index (χ4v) is 2.19. The molecule has 2 rings (SSSR count). The van der Waals surface area contributed by atoms with Crippen LogP contribution in [0.1, 0.15) is 13.3 Å². The molecule has 2 aliphatic rings. The van der Waals surface area contributed by atoms with Crippen LogP contribution in [0, 0.1) is 11.8 Å². The van der Waals surface area contributed by atoms with Crippen molar-refractivity contribution in [1.82, 2.24) is 10.2 Å². The molecule has 1 saturated heterocycles. The zero-order chi connectivity index (χ0) is 9.97. The van der Waals surface area contributed by atoms with Gasteiger partial charge in [0.15, 0.2) is 0 Å². The average molecular weight is 198 g/mol. The maximum Gasteiger partial charge on any atom is 0.110 e. The molecule has 0 bridgehead atoms. The molecule has 0 aromatic heterocycles. The molecule has 2 heterocycles. The molecule has 0 aromatic carbocycles. The summed E-state index contributed by atoms with van der Waals surface area (Å²) < 4.78 is 13.0. The number of nitrogens with one attached hydrogen (secondary N) is 1. The first kappa shape index (κ1) is 10.1. The van der Waals surface area contributed by atoms with Gasteiger partial charge in [-0.2, -0.15) is 0 Å². The largest absolute Gasteiger partial charge is 0.316 e. The van der Waals surface area contributed by atoms with Gasteiger partial charge < -0.3 is 5.32 Å². The molecule has 0 amide bonds. The van der Waals surface area contributed by atoms with Crippen molar-refractivity contribution in [3.8, 4) is 0 Å². The van der Waals surface area contributed by atoms with Crippen molar-refractivity contribution in [3.63, 3.8) is 0 Å². The zero-order valence-electron chi connectivity index (χ0n) is 8.80. The highest BCUT2D eigenvalue weighted by atomic mass is 19.1. The van der Waals surface area contributed by atoms with Crippen LogP contribution in [0.5, 0.6) is 0 Å². The SMILES string of the molecule is CC(CN1CCC=C(F)C1)C1CNC1. The van der Waals surface area contributed by atoms with E-state index in [1.165, 1.54) is 0 Å². The van der Waals surface area contributed by atoms with E-state index in [-0.39, 0.29) is 5.83 Å². The van der Waals surface area contributed by atoms with Gasteiger partial charge in [0, 0.05) is 19.6 Å². The minimum absolute atomic E-state index is 0.0511. The third-order valence-corrected chi connectivity index (χ3v) is 3.35. The van der Waals surface area contributed by atoms with E-state index in [9.17, 15) is 4.39 Å². The van der Waals surface area contributed by atoms with Crippen LogP contribution >= 0.6 is 0 Å². The Labute approximate surface area is 85.2 Å². The highest BCUT2D eigenvalue weighted by Crippen LogP contribution is 2.19. The summed E-state index contributed by atoms with van der Waals surface area (Å²) in [5, 5.41) is 3.28. The third-order valence-electron chi connectivity index (χ3n) is 3.35. The van der Waals surface area contributed by atoms with Crippen molar-refractivity contribution in [3.05, 3.63) is 11.9 Å². The molecule has 1 atom stereocenters. The Morgan fingerprint density at radius 3 is 3.00 bits per heavy atom. The number of halogens is 1. The second-order valence-electron chi connectivity index (χ2n) is 4.57. The van der Waals surface area contributed by atoms with E-state index in [1.807, 2.05) is 0 Å². The van der Waals surface area contributed by atoms with Crippen LogP contribution in [0.2, 0.25) is 0 Å². The van der Waals surface area contributed by atoms with Crippen LogP contribution in [0.15, 0.2) is 11.9 Å². The normalized spacial score (nSPS) is 26.9. The predicted molar refractivity (Wildman–Crippen MR) is 55.8 cm³/mol. The van der Waals surface area contributed by atoms with Gasteiger partial charge in [0.1, 0.15) is 5.83 Å². The summed E-state index contributed by atoms with van der Waals surface area (Å²) in [6, 6.07) is 0. The Kier molecular flexibility index (Phi) is 3.19. The molecule has 0 aliphatic carbocycles. The molecule has 2 nitrogen and oxygen atoms in total. The van der Waals surface area contributed by atoms with E-state index in [1.54, 1.807) is 6.08 Å². The molecule has 1 N–H and O–H groups in total. The van der Waals surface area contributed by atoms with E-state index in [2.05, 4.69) is 17.1 Å². The lowest BCUT2D eigenvalue weighted by molar-refractivity contribution is 0.165. The van der Waals surface area contributed by atoms with Crippen LogP contribution in [0.4, 0.5) is 4.39 Å². The first-order chi connectivity index (χ1) is 6.75. The van der Waals surface area contributed by atoms with Crippen molar-refractivity contribution >= 4 is 0 Å². The molecule has 0 spiro atoms. The monoisotopic (exact) mass is 198 g/mol. The van der Waals surface area contributed by atoms with E-state index < -0.39 is 0 Å². The van der Waals surface area contributed by atoms with Crippen LogP contribution < -0.4 is 5.32 Å². The van der Waals surface area contributed by atoms with Crippen LogP contribution in [0.3, 0.4) is 0 Å². The highest BCUT2D eigenvalue weighted by Gasteiger charge is 2.25. The topological polar surface area (TPSA) is 15.3 Å². The maximum absolute atomic E-state index is 13.0. The molecule has 1 fully saturated rings. The van der Waals surface area contributed by atoms with Gasteiger partial charge in [-0.05, 0) is 31.3 Å². The fraction of sp³-hybridized carbons (Fsp3) is 0.818. The van der Waals surface area contributed by atoms with Gasteiger partial charge in [-0.25, -0.2) is 4.39 Å². The molecule has 0 saturated carbocycles. The highest BCUT2D eigenvalue weighted by molar-refractivity contribution is 4.99. The fourth-order valence-electron chi connectivity index (χ4n) is 2.19. The zero-order valence-corrected chi connectivity index (χ0v) is 8.80. The van der Waals surface area contributed by atoms with E-state index in [0.717, 1.165) is 38.5 Å². The van der Waals surface area contributed by atoms with Gasteiger partial charge in [-0.15, -0.1) is 0 Å². The maximum atomic E-state index is 13.0. The second kappa shape index (κ2) is 4.41. The van der Waals surface area contributed by atoms with Crippen LogP contribution in [-0.2, 0) is 0 Å². The second-order valence-corrected chi connectivity index (χ2v) is 4.57. The molecular weight excluding hydrogens is 179 g/mol.